The highest BCUT2D eigenvalue weighted by Gasteiger charge is 2.33. The van der Waals surface area contributed by atoms with Crippen LogP contribution in [0.25, 0.3) is 0 Å². The lowest BCUT2D eigenvalue weighted by Gasteiger charge is -2.24. The van der Waals surface area contributed by atoms with E-state index in [4.69, 9.17) is 17.3 Å². The predicted molar refractivity (Wildman–Crippen MR) is 96.6 cm³/mol. The van der Waals surface area contributed by atoms with Crippen molar-refractivity contribution < 1.29 is 18.0 Å². The van der Waals surface area contributed by atoms with Gasteiger partial charge in [-0.15, -0.1) is 0 Å². The maximum atomic E-state index is 13.0. The Bertz CT molecular complexity index is 850. The third-order valence-corrected chi connectivity index (χ3v) is 5.01. The molecule has 0 radical (unpaired) electrons. The van der Waals surface area contributed by atoms with E-state index in [-0.39, 0.29) is 29.1 Å². The standard InChI is InChI=1S/C18H20ClF3N4O/c1-10-15-4-5-16(26(15)7-6-24-10)17(27)25-9-14(23)11-2-3-13(19)12(8-11)18(20,21)22/h2-5,8,10,14,24H,6-7,9,23H2,1H3,(H,25,27). The molecule has 0 saturated heterocycles. The first-order chi connectivity index (χ1) is 12.7. The molecule has 2 unspecified atom stereocenters. The highest BCUT2D eigenvalue weighted by atomic mass is 35.5. The molecule has 0 aliphatic carbocycles. The largest absolute Gasteiger partial charge is 0.417 e. The lowest BCUT2D eigenvalue weighted by molar-refractivity contribution is -0.137. The Labute approximate surface area is 159 Å². The van der Waals surface area contributed by atoms with E-state index in [1.807, 2.05) is 17.6 Å². The molecule has 0 spiro atoms. The summed E-state index contributed by atoms with van der Waals surface area (Å²) in [4.78, 5) is 12.5. The summed E-state index contributed by atoms with van der Waals surface area (Å²) in [5.74, 6) is -0.309. The quantitative estimate of drug-likeness (QED) is 0.737. The molecule has 27 heavy (non-hydrogen) atoms. The topological polar surface area (TPSA) is 72.1 Å². The Balaban J connectivity index is 1.69. The number of alkyl halides is 3. The molecule has 0 fully saturated rings. The number of amides is 1. The molecule has 5 nitrogen and oxygen atoms in total. The van der Waals surface area contributed by atoms with Crippen LogP contribution in [-0.2, 0) is 12.7 Å². The van der Waals surface area contributed by atoms with Gasteiger partial charge in [0.05, 0.1) is 10.6 Å². The van der Waals surface area contributed by atoms with Gasteiger partial charge in [-0.25, -0.2) is 0 Å². The van der Waals surface area contributed by atoms with Crippen molar-refractivity contribution in [1.82, 2.24) is 15.2 Å². The van der Waals surface area contributed by atoms with Crippen molar-refractivity contribution in [2.45, 2.75) is 31.7 Å². The molecular weight excluding hydrogens is 381 g/mol. The Morgan fingerprint density at radius 2 is 2.15 bits per heavy atom. The number of rotatable bonds is 4. The van der Waals surface area contributed by atoms with E-state index in [0.29, 0.717) is 12.2 Å². The van der Waals surface area contributed by atoms with Gasteiger partial charge in [0, 0.05) is 37.4 Å². The van der Waals surface area contributed by atoms with E-state index in [1.165, 1.54) is 12.1 Å². The van der Waals surface area contributed by atoms with Crippen LogP contribution in [0.2, 0.25) is 5.02 Å². The molecule has 2 heterocycles. The number of nitrogens with one attached hydrogen (secondary N) is 2. The van der Waals surface area contributed by atoms with E-state index >= 15 is 0 Å². The first kappa shape index (κ1) is 19.7. The summed E-state index contributed by atoms with van der Waals surface area (Å²) in [5.41, 5.74) is 6.82. The Hall–Kier alpha value is -2.03. The van der Waals surface area contributed by atoms with Crippen molar-refractivity contribution >= 4 is 17.5 Å². The fourth-order valence-electron chi connectivity index (χ4n) is 3.21. The first-order valence-electron chi connectivity index (χ1n) is 8.51. The molecule has 2 aromatic rings. The van der Waals surface area contributed by atoms with Gasteiger partial charge >= 0.3 is 6.18 Å². The first-order valence-corrected chi connectivity index (χ1v) is 8.89. The average Bonchev–Trinajstić information content (AvgIpc) is 3.04. The van der Waals surface area contributed by atoms with Crippen molar-refractivity contribution in [3.63, 3.8) is 0 Å². The monoisotopic (exact) mass is 400 g/mol. The molecular formula is C18H20ClF3N4O. The molecule has 0 saturated carbocycles. The zero-order valence-corrected chi connectivity index (χ0v) is 15.4. The van der Waals surface area contributed by atoms with Crippen LogP contribution in [0.5, 0.6) is 0 Å². The Morgan fingerprint density at radius 1 is 1.41 bits per heavy atom. The van der Waals surface area contributed by atoms with E-state index in [1.54, 1.807) is 6.07 Å². The summed E-state index contributed by atoms with van der Waals surface area (Å²) in [5, 5.41) is 5.63. The summed E-state index contributed by atoms with van der Waals surface area (Å²) < 4.78 is 40.9. The van der Waals surface area contributed by atoms with Gasteiger partial charge in [0.2, 0.25) is 0 Å². The van der Waals surface area contributed by atoms with Gasteiger partial charge < -0.3 is 20.9 Å². The zero-order chi connectivity index (χ0) is 19.8. The van der Waals surface area contributed by atoms with Gasteiger partial charge in [0.1, 0.15) is 5.69 Å². The highest BCUT2D eigenvalue weighted by Crippen LogP contribution is 2.35. The minimum absolute atomic E-state index is 0.00603. The third-order valence-electron chi connectivity index (χ3n) is 4.68. The second-order valence-corrected chi connectivity index (χ2v) is 6.93. The van der Waals surface area contributed by atoms with Gasteiger partial charge in [0.15, 0.2) is 0 Å². The van der Waals surface area contributed by atoms with E-state index in [0.717, 1.165) is 18.3 Å². The molecule has 1 aromatic heterocycles. The lowest BCUT2D eigenvalue weighted by Crippen LogP contribution is -2.36. The summed E-state index contributed by atoms with van der Waals surface area (Å²) in [7, 11) is 0. The number of carbonyl (C=O) groups is 1. The van der Waals surface area contributed by atoms with E-state index in [9.17, 15) is 18.0 Å². The van der Waals surface area contributed by atoms with Crippen LogP contribution in [0, 0.1) is 0 Å². The molecule has 3 rings (SSSR count). The Kier molecular flexibility index (Phi) is 5.50. The average molecular weight is 401 g/mol. The van der Waals surface area contributed by atoms with Gasteiger partial charge in [-0.1, -0.05) is 17.7 Å². The van der Waals surface area contributed by atoms with E-state index in [2.05, 4.69) is 10.6 Å². The predicted octanol–water partition coefficient (Wildman–Crippen LogP) is 3.25. The highest BCUT2D eigenvalue weighted by molar-refractivity contribution is 6.31. The molecule has 0 bridgehead atoms. The van der Waals surface area contributed by atoms with Gasteiger partial charge in [-0.2, -0.15) is 13.2 Å². The lowest BCUT2D eigenvalue weighted by atomic mass is 10.0. The van der Waals surface area contributed by atoms with Gasteiger partial charge in [-0.3, -0.25) is 4.79 Å². The minimum Gasteiger partial charge on any atom is -0.349 e. The number of halogens is 4. The van der Waals surface area contributed by atoms with Crippen molar-refractivity contribution in [3.8, 4) is 0 Å². The van der Waals surface area contributed by atoms with Crippen LogP contribution in [0.15, 0.2) is 30.3 Å². The number of nitrogens with zero attached hydrogens (tertiary/aromatic N) is 1. The van der Waals surface area contributed by atoms with Gasteiger partial charge in [0.25, 0.3) is 5.91 Å². The van der Waals surface area contributed by atoms with E-state index < -0.39 is 17.8 Å². The summed E-state index contributed by atoms with van der Waals surface area (Å²) >= 11 is 5.62. The molecule has 1 amide bonds. The minimum atomic E-state index is -4.56. The molecule has 4 N–H and O–H groups in total. The molecule has 2 atom stereocenters. The van der Waals surface area contributed by atoms with Crippen molar-refractivity contribution in [2.24, 2.45) is 5.73 Å². The van der Waals surface area contributed by atoms with Crippen LogP contribution in [-0.4, -0.2) is 23.6 Å². The van der Waals surface area contributed by atoms with Crippen LogP contribution < -0.4 is 16.4 Å². The van der Waals surface area contributed by atoms with Crippen molar-refractivity contribution in [3.05, 3.63) is 57.9 Å². The number of nitrogens with two attached hydrogens (primary N) is 1. The zero-order valence-electron chi connectivity index (χ0n) is 14.6. The second kappa shape index (κ2) is 7.53. The van der Waals surface area contributed by atoms with Crippen LogP contribution in [0.4, 0.5) is 13.2 Å². The second-order valence-electron chi connectivity index (χ2n) is 6.52. The third kappa shape index (κ3) is 4.12. The number of fused-ring (bicyclic) bond motifs is 1. The number of hydrogen-bond acceptors (Lipinski definition) is 3. The molecule has 146 valence electrons. The maximum absolute atomic E-state index is 13.0. The normalized spacial score (nSPS) is 18.1. The number of hydrogen-bond donors (Lipinski definition) is 3. The fourth-order valence-corrected chi connectivity index (χ4v) is 3.43. The van der Waals surface area contributed by atoms with Gasteiger partial charge in [-0.05, 0) is 36.8 Å². The number of carbonyl (C=O) groups excluding carboxylic acids is 1. The van der Waals surface area contributed by atoms with Crippen LogP contribution in [0.1, 0.15) is 46.3 Å². The molecule has 1 aromatic carbocycles. The summed E-state index contributed by atoms with van der Waals surface area (Å²) in [6, 6.07) is 6.51. The molecule has 1 aliphatic rings. The number of benzene rings is 1. The molecule has 1 aliphatic heterocycles. The fraction of sp³-hybridized carbons (Fsp3) is 0.389. The summed E-state index contributed by atoms with van der Waals surface area (Å²) in [6.45, 7) is 3.45. The SMILES string of the molecule is CC1NCCn2c(C(=O)NCC(N)c3ccc(Cl)c(C(F)(F)F)c3)ccc21. The maximum Gasteiger partial charge on any atom is 0.417 e. The van der Waals surface area contributed by atoms with Crippen molar-refractivity contribution in [2.75, 3.05) is 13.1 Å². The number of aromatic nitrogens is 1. The smallest absolute Gasteiger partial charge is 0.349 e. The van der Waals surface area contributed by atoms with Crippen LogP contribution in [0.3, 0.4) is 0 Å². The van der Waals surface area contributed by atoms with Crippen molar-refractivity contribution in [1.29, 1.82) is 0 Å². The summed E-state index contributed by atoms with van der Waals surface area (Å²) in [6.07, 6.45) is -4.56. The molecule has 9 heteroatoms. The Morgan fingerprint density at radius 3 is 2.85 bits per heavy atom. The van der Waals surface area contributed by atoms with Crippen LogP contribution >= 0.6 is 11.6 Å².